The van der Waals surface area contributed by atoms with Gasteiger partial charge in [-0.25, -0.2) is 0 Å². The topological polar surface area (TPSA) is 53.1 Å². The molecule has 4 aliphatic rings. The fourth-order valence-corrected chi connectivity index (χ4v) is 6.15. The van der Waals surface area contributed by atoms with Gasteiger partial charge in [-0.05, 0) is 97.1 Å². The molecule has 0 aromatic heterocycles. The van der Waals surface area contributed by atoms with Crippen molar-refractivity contribution >= 4 is 34.2 Å². The Morgan fingerprint density at radius 3 is 2.19 bits per heavy atom. The van der Waals surface area contributed by atoms with Crippen LogP contribution in [0.2, 0.25) is 0 Å². The van der Waals surface area contributed by atoms with Crippen LogP contribution in [-0.4, -0.2) is 11.5 Å². The average Bonchev–Trinajstić information content (AvgIpc) is 2.36. The molecule has 3 nitrogen and oxygen atoms in total. The molecule has 1 aromatic carbocycles. The van der Waals surface area contributed by atoms with Gasteiger partial charge in [0.2, 0.25) is 0 Å². The Morgan fingerprint density at radius 1 is 1.14 bits per heavy atom. The van der Waals surface area contributed by atoms with Crippen molar-refractivity contribution in [2.75, 3.05) is 4.90 Å². The molecule has 21 heavy (non-hydrogen) atoms. The molecule has 0 amide bonds. The minimum absolute atomic E-state index is 0.116. The molecule has 112 valence electrons. The zero-order chi connectivity index (χ0) is 14.6. The highest BCUT2D eigenvalue weighted by Gasteiger charge is 2.54. The van der Waals surface area contributed by atoms with Gasteiger partial charge in [0.05, 0.1) is 0 Å². The summed E-state index contributed by atoms with van der Waals surface area (Å²) in [7, 11) is 0. The minimum Gasteiger partial charge on any atom is -0.370 e. The van der Waals surface area contributed by atoms with E-state index in [4.69, 9.17) is 11.1 Å². The molecule has 4 aliphatic carbocycles. The number of anilines is 1. The second kappa shape index (κ2) is 4.86. The molecular weight excluding hydrogens is 373 g/mol. The van der Waals surface area contributed by atoms with Crippen molar-refractivity contribution in [1.82, 2.24) is 0 Å². The lowest BCUT2D eigenvalue weighted by Gasteiger charge is -2.60. The van der Waals surface area contributed by atoms with E-state index >= 15 is 0 Å². The fourth-order valence-electron chi connectivity index (χ4n) is 5.62. The highest BCUT2D eigenvalue weighted by molar-refractivity contribution is 14.1. The first kappa shape index (κ1) is 13.9. The van der Waals surface area contributed by atoms with Crippen LogP contribution in [0.1, 0.15) is 38.5 Å². The Balaban J connectivity index is 1.76. The van der Waals surface area contributed by atoms with Crippen molar-refractivity contribution in [1.29, 1.82) is 5.41 Å². The number of halogens is 1. The number of benzene rings is 1. The van der Waals surface area contributed by atoms with Crippen molar-refractivity contribution in [3.05, 3.63) is 27.8 Å². The maximum absolute atomic E-state index is 8.20. The molecule has 0 saturated heterocycles. The maximum atomic E-state index is 8.20. The highest BCUT2D eigenvalue weighted by atomic mass is 127. The van der Waals surface area contributed by atoms with Gasteiger partial charge in [-0.1, -0.05) is 6.07 Å². The summed E-state index contributed by atoms with van der Waals surface area (Å²) in [6, 6.07) is 8.46. The smallest absolute Gasteiger partial charge is 0.193 e. The lowest BCUT2D eigenvalue weighted by Crippen LogP contribution is -2.63. The standard InChI is InChI=1S/C17H22IN3/c18-14-2-1-3-15(7-14)21(16(19)20)17-8-11-4-12(9-17)6-13(5-11)10-17/h1-3,7,11-13H,4-6,8-10H2,(H3,19,20). The van der Waals surface area contributed by atoms with E-state index in [2.05, 4.69) is 51.8 Å². The summed E-state index contributed by atoms with van der Waals surface area (Å²) in [6.07, 6.45) is 7.92. The number of nitrogens with zero attached hydrogens (tertiary/aromatic N) is 1. The molecule has 1 aromatic rings. The Kier molecular flexibility index (Phi) is 3.21. The lowest BCUT2D eigenvalue weighted by molar-refractivity contribution is 0.00167. The van der Waals surface area contributed by atoms with Crippen LogP contribution in [0.3, 0.4) is 0 Å². The molecule has 5 rings (SSSR count). The Morgan fingerprint density at radius 2 is 1.71 bits per heavy atom. The molecule has 0 radical (unpaired) electrons. The molecular formula is C17H22IN3. The first-order chi connectivity index (χ1) is 10.1. The summed E-state index contributed by atoms with van der Waals surface area (Å²) >= 11 is 2.34. The molecule has 0 unspecified atom stereocenters. The zero-order valence-electron chi connectivity index (χ0n) is 12.2. The molecule has 3 N–H and O–H groups in total. The number of rotatable bonds is 2. The molecule has 0 spiro atoms. The third-order valence-electron chi connectivity index (χ3n) is 5.79. The van der Waals surface area contributed by atoms with E-state index < -0.39 is 0 Å². The average molecular weight is 395 g/mol. The van der Waals surface area contributed by atoms with Crippen molar-refractivity contribution < 1.29 is 0 Å². The van der Waals surface area contributed by atoms with E-state index in [9.17, 15) is 0 Å². The molecule has 0 heterocycles. The van der Waals surface area contributed by atoms with Gasteiger partial charge in [0.15, 0.2) is 5.96 Å². The van der Waals surface area contributed by atoms with Crippen LogP contribution in [0.5, 0.6) is 0 Å². The molecule has 4 saturated carbocycles. The molecule has 4 bridgehead atoms. The quantitative estimate of drug-likeness (QED) is 0.453. The van der Waals surface area contributed by atoms with Gasteiger partial charge in [0.1, 0.15) is 0 Å². The zero-order valence-corrected chi connectivity index (χ0v) is 14.3. The van der Waals surface area contributed by atoms with Gasteiger partial charge >= 0.3 is 0 Å². The van der Waals surface area contributed by atoms with Crippen LogP contribution < -0.4 is 10.6 Å². The summed E-state index contributed by atoms with van der Waals surface area (Å²) in [5, 5.41) is 8.20. The van der Waals surface area contributed by atoms with Crippen LogP contribution in [0.15, 0.2) is 24.3 Å². The van der Waals surface area contributed by atoms with Gasteiger partial charge in [0.25, 0.3) is 0 Å². The normalized spacial score (nSPS) is 36.7. The summed E-state index contributed by atoms with van der Waals surface area (Å²) < 4.78 is 1.21. The van der Waals surface area contributed by atoms with E-state index in [1.807, 2.05) is 0 Å². The van der Waals surface area contributed by atoms with Gasteiger partial charge in [0, 0.05) is 14.8 Å². The largest absolute Gasteiger partial charge is 0.370 e. The van der Waals surface area contributed by atoms with E-state index in [-0.39, 0.29) is 11.5 Å². The predicted octanol–water partition coefficient (Wildman–Crippen LogP) is 3.96. The first-order valence-electron chi connectivity index (χ1n) is 7.95. The van der Waals surface area contributed by atoms with E-state index in [0.717, 1.165) is 23.4 Å². The first-order valence-corrected chi connectivity index (χ1v) is 9.03. The Bertz CT molecular complexity index is 548. The monoisotopic (exact) mass is 395 g/mol. The van der Waals surface area contributed by atoms with Crippen LogP contribution in [0, 0.1) is 26.7 Å². The van der Waals surface area contributed by atoms with Crippen molar-refractivity contribution in [2.24, 2.45) is 23.5 Å². The van der Waals surface area contributed by atoms with Gasteiger partial charge in [-0.3, -0.25) is 5.41 Å². The minimum atomic E-state index is 0.116. The Labute approximate surface area is 139 Å². The second-order valence-corrected chi connectivity index (χ2v) is 8.59. The third kappa shape index (κ3) is 2.26. The summed E-state index contributed by atoms with van der Waals surface area (Å²) in [6.45, 7) is 0. The van der Waals surface area contributed by atoms with Crippen LogP contribution in [0.4, 0.5) is 5.69 Å². The molecule has 0 aliphatic heterocycles. The predicted molar refractivity (Wildman–Crippen MR) is 94.5 cm³/mol. The molecule has 0 atom stereocenters. The van der Waals surface area contributed by atoms with Crippen molar-refractivity contribution in [3.63, 3.8) is 0 Å². The van der Waals surface area contributed by atoms with Gasteiger partial charge in [-0.2, -0.15) is 0 Å². The van der Waals surface area contributed by atoms with E-state index in [1.54, 1.807) is 0 Å². The third-order valence-corrected chi connectivity index (χ3v) is 6.46. The Hall–Kier alpha value is -0.780. The summed E-state index contributed by atoms with van der Waals surface area (Å²) in [4.78, 5) is 2.17. The summed E-state index contributed by atoms with van der Waals surface area (Å²) in [5.41, 5.74) is 7.27. The number of guanidine groups is 1. The maximum Gasteiger partial charge on any atom is 0.193 e. The van der Waals surface area contributed by atoms with Crippen LogP contribution in [0.25, 0.3) is 0 Å². The second-order valence-electron chi connectivity index (χ2n) is 7.34. The van der Waals surface area contributed by atoms with E-state index in [1.165, 1.54) is 42.1 Å². The number of hydrogen-bond acceptors (Lipinski definition) is 1. The van der Waals surface area contributed by atoms with Gasteiger partial charge < -0.3 is 10.6 Å². The highest BCUT2D eigenvalue weighted by Crippen LogP contribution is 2.58. The van der Waals surface area contributed by atoms with Crippen LogP contribution in [-0.2, 0) is 0 Å². The van der Waals surface area contributed by atoms with Crippen LogP contribution >= 0.6 is 22.6 Å². The number of nitrogens with one attached hydrogen (secondary N) is 1. The SMILES string of the molecule is N=C(N)N(c1cccc(I)c1)C12CC3CC(CC(C3)C1)C2. The lowest BCUT2D eigenvalue weighted by atomic mass is 9.52. The summed E-state index contributed by atoms with van der Waals surface area (Å²) in [5.74, 6) is 2.81. The van der Waals surface area contributed by atoms with Crippen molar-refractivity contribution in [3.8, 4) is 0 Å². The number of nitrogens with two attached hydrogens (primary N) is 1. The van der Waals surface area contributed by atoms with E-state index in [0.29, 0.717) is 0 Å². The fraction of sp³-hybridized carbons (Fsp3) is 0.588. The van der Waals surface area contributed by atoms with Gasteiger partial charge in [-0.15, -0.1) is 0 Å². The molecule has 4 fully saturated rings. The molecule has 4 heteroatoms. The van der Waals surface area contributed by atoms with Crippen molar-refractivity contribution in [2.45, 2.75) is 44.1 Å². The number of hydrogen-bond donors (Lipinski definition) is 2.